The van der Waals surface area contributed by atoms with Gasteiger partial charge in [0.1, 0.15) is 29.9 Å². The molecule has 4 aromatic rings. The quantitative estimate of drug-likeness (QED) is 0.494. The zero-order chi connectivity index (χ0) is 17.9. The Balaban J connectivity index is 1.53. The van der Waals surface area contributed by atoms with Crippen LogP contribution in [0.4, 0.5) is 0 Å². The molecular formula is C21H17NO4. The maximum absolute atomic E-state index is 11.7. The van der Waals surface area contributed by atoms with E-state index in [-0.39, 0.29) is 12.2 Å². The van der Waals surface area contributed by atoms with Crippen LogP contribution in [-0.2, 0) is 13.0 Å². The second-order valence-corrected chi connectivity index (χ2v) is 5.90. The summed E-state index contributed by atoms with van der Waals surface area (Å²) in [5, 5.41) is 0.923. The van der Waals surface area contributed by atoms with E-state index in [1.165, 1.54) is 6.07 Å². The van der Waals surface area contributed by atoms with Gasteiger partial charge in [-0.15, -0.1) is 0 Å². The normalized spacial score (nSPS) is 11.0. The summed E-state index contributed by atoms with van der Waals surface area (Å²) in [6.07, 6.45) is 2.35. The molecule has 2 aromatic carbocycles. The Bertz CT molecular complexity index is 1100. The zero-order valence-corrected chi connectivity index (χ0v) is 14.3. The summed E-state index contributed by atoms with van der Waals surface area (Å²) in [6.45, 7) is 2.27. The molecule has 2 aromatic heterocycles. The van der Waals surface area contributed by atoms with Crippen molar-refractivity contribution in [1.29, 1.82) is 0 Å². The summed E-state index contributed by atoms with van der Waals surface area (Å²) in [6, 6.07) is 16.7. The molecule has 0 amide bonds. The molecule has 0 bridgehead atoms. The van der Waals surface area contributed by atoms with Crippen molar-refractivity contribution in [2.45, 2.75) is 20.0 Å². The number of oxazole rings is 1. The molecule has 2 heterocycles. The lowest BCUT2D eigenvalue weighted by Crippen LogP contribution is -2.00. The number of ether oxygens (including phenoxy) is 1. The Kier molecular flexibility index (Phi) is 4.27. The van der Waals surface area contributed by atoms with E-state index in [2.05, 4.69) is 4.98 Å². The van der Waals surface area contributed by atoms with Gasteiger partial charge in [0.05, 0.1) is 0 Å². The molecule has 0 aliphatic rings. The highest BCUT2D eigenvalue weighted by Gasteiger charge is 2.09. The zero-order valence-electron chi connectivity index (χ0n) is 14.3. The first-order valence-electron chi connectivity index (χ1n) is 8.42. The fourth-order valence-corrected chi connectivity index (χ4v) is 2.84. The maximum atomic E-state index is 11.7. The molecule has 130 valence electrons. The minimum atomic E-state index is -0.351. The third kappa shape index (κ3) is 3.24. The lowest BCUT2D eigenvalue weighted by Gasteiger charge is -2.07. The SMILES string of the molecule is CCc1cc(=O)oc2cc(OCc3coc(-c4ccccc4)n3)ccc12. The highest BCUT2D eigenvalue weighted by atomic mass is 16.5. The summed E-state index contributed by atoms with van der Waals surface area (Å²) in [7, 11) is 0. The van der Waals surface area contributed by atoms with Gasteiger partial charge in [0.15, 0.2) is 0 Å². The molecule has 0 saturated heterocycles. The van der Waals surface area contributed by atoms with Crippen molar-refractivity contribution in [2.24, 2.45) is 0 Å². The minimum absolute atomic E-state index is 0.263. The van der Waals surface area contributed by atoms with Crippen LogP contribution in [0.3, 0.4) is 0 Å². The molecule has 0 fully saturated rings. The van der Waals surface area contributed by atoms with Crippen molar-refractivity contribution >= 4 is 11.0 Å². The van der Waals surface area contributed by atoms with Gasteiger partial charge >= 0.3 is 5.63 Å². The third-order valence-corrected chi connectivity index (χ3v) is 4.14. The summed E-state index contributed by atoms with van der Waals surface area (Å²) in [5.74, 6) is 1.17. The first-order valence-corrected chi connectivity index (χ1v) is 8.42. The number of benzene rings is 2. The molecule has 0 N–H and O–H groups in total. The van der Waals surface area contributed by atoms with Gasteiger partial charge in [-0.2, -0.15) is 0 Å². The van der Waals surface area contributed by atoms with Gasteiger partial charge in [-0.05, 0) is 36.2 Å². The standard InChI is InChI=1S/C21H17NO4/c1-2-14-10-20(23)26-19-11-17(8-9-18(14)19)24-12-16-13-25-21(22-16)15-6-4-3-5-7-15/h3-11,13H,2,12H2,1H3. The average molecular weight is 347 g/mol. The van der Waals surface area contributed by atoms with Crippen LogP contribution in [-0.4, -0.2) is 4.98 Å². The van der Waals surface area contributed by atoms with Gasteiger partial charge in [-0.25, -0.2) is 9.78 Å². The van der Waals surface area contributed by atoms with Crippen molar-refractivity contribution in [2.75, 3.05) is 0 Å². The third-order valence-electron chi connectivity index (χ3n) is 4.14. The summed E-state index contributed by atoms with van der Waals surface area (Å²) >= 11 is 0. The maximum Gasteiger partial charge on any atom is 0.336 e. The van der Waals surface area contributed by atoms with Gasteiger partial charge in [0.2, 0.25) is 5.89 Å². The van der Waals surface area contributed by atoms with E-state index >= 15 is 0 Å². The van der Waals surface area contributed by atoms with Gasteiger partial charge in [0, 0.05) is 23.1 Å². The Morgan fingerprint density at radius 2 is 1.92 bits per heavy atom. The Morgan fingerprint density at radius 1 is 1.08 bits per heavy atom. The van der Waals surface area contributed by atoms with E-state index in [0.717, 1.165) is 22.9 Å². The number of fused-ring (bicyclic) bond motifs is 1. The second-order valence-electron chi connectivity index (χ2n) is 5.90. The number of rotatable bonds is 5. The van der Waals surface area contributed by atoms with Crippen molar-refractivity contribution in [3.05, 3.63) is 82.5 Å². The number of hydrogen-bond donors (Lipinski definition) is 0. The van der Waals surface area contributed by atoms with Crippen LogP contribution < -0.4 is 10.4 Å². The van der Waals surface area contributed by atoms with E-state index < -0.39 is 0 Å². The Labute approximate surface area is 149 Å². The van der Waals surface area contributed by atoms with Gasteiger partial charge in [-0.1, -0.05) is 25.1 Å². The first-order chi connectivity index (χ1) is 12.7. The Hall–Kier alpha value is -3.34. The van der Waals surface area contributed by atoms with Crippen LogP contribution in [0.25, 0.3) is 22.4 Å². The van der Waals surface area contributed by atoms with E-state index in [4.69, 9.17) is 13.6 Å². The summed E-state index contributed by atoms with van der Waals surface area (Å²) in [4.78, 5) is 16.1. The molecule has 4 rings (SSSR count). The van der Waals surface area contributed by atoms with E-state index in [9.17, 15) is 4.79 Å². The largest absolute Gasteiger partial charge is 0.487 e. The number of nitrogens with zero attached hydrogens (tertiary/aromatic N) is 1. The molecular weight excluding hydrogens is 330 g/mol. The predicted molar refractivity (Wildman–Crippen MR) is 98.1 cm³/mol. The highest BCUT2D eigenvalue weighted by Crippen LogP contribution is 2.24. The van der Waals surface area contributed by atoms with Crippen molar-refractivity contribution < 1.29 is 13.6 Å². The molecule has 26 heavy (non-hydrogen) atoms. The van der Waals surface area contributed by atoms with Crippen LogP contribution in [0.1, 0.15) is 18.2 Å². The number of aromatic nitrogens is 1. The lowest BCUT2D eigenvalue weighted by molar-refractivity contribution is 0.301. The van der Waals surface area contributed by atoms with Crippen LogP contribution in [0, 0.1) is 0 Å². The second kappa shape index (κ2) is 6.88. The minimum Gasteiger partial charge on any atom is -0.487 e. The fraction of sp³-hybridized carbons (Fsp3) is 0.143. The van der Waals surface area contributed by atoms with Crippen LogP contribution in [0.2, 0.25) is 0 Å². The van der Waals surface area contributed by atoms with Gasteiger partial charge in [0.25, 0.3) is 0 Å². The Morgan fingerprint density at radius 3 is 2.73 bits per heavy atom. The molecule has 5 nitrogen and oxygen atoms in total. The predicted octanol–water partition coefficient (Wildman–Crippen LogP) is 4.59. The van der Waals surface area contributed by atoms with Gasteiger partial charge < -0.3 is 13.6 Å². The first kappa shape index (κ1) is 16.1. The molecule has 0 aliphatic carbocycles. The molecule has 0 aliphatic heterocycles. The van der Waals surface area contributed by atoms with E-state index in [1.807, 2.05) is 49.4 Å². The van der Waals surface area contributed by atoms with Crippen molar-refractivity contribution in [1.82, 2.24) is 4.98 Å². The fourth-order valence-electron chi connectivity index (χ4n) is 2.84. The smallest absolute Gasteiger partial charge is 0.336 e. The summed E-state index contributed by atoms with van der Waals surface area (Å²) < 4.78 is 16.6. The highest BCUT2D eigenvalue weighted by molar-refractivity contribution is 5.81. The average Bonchev–Trinajstić information content (AvgIpc) is 3.15. The van der Waals surface area contributed by atoms with Crippen LogP contribution >= 0.6 is 0 Å². The summed E-state index contributed by atoms with van der Waals surface area (Å²) in [5.41, 5.74) is 2.74. The molecule has 0 atom stereocenters. The topological polar surface area (TPSA) is 65.5 Å². The van der Waals surface area contributed by atoms with E-state index in [1.54, 1.807) is 12.3 Å². The molecule has 0 spiro atoms. The molecule has 0 unspecified atom stereocenters. The van der Waals surface area contributed by atoms with Crippen LogP contribution in [0.5, 0.6) is 5.75 Å². The van der Waals surface area contributed by atoms with Crippen LogP contribution in [0.15, 0.2) is 74.5 Å². The van der Waals surface area contributed by atoms with Gasteiger partial charge in [-0.3, -0.25) is 0 Å². The monoisotopic (exact) mass is 347 g/mol. The molecule has 0 saturated carbocycles. The molecule has 0 radical (unpaired) electrons. The number of aryl methyl sites for hydroxylation is 1. The molecule has 5 heteroatoms. The number of hydrogen-bond acceptors (Lipinski definition) is 5. The van der Waals surface area contributed by atoms with E-state index in [0.29, 0.717) is 22.9 Å². The van der Waals surface area contributed by atoms with Crippen molar-refractivity contribution in [3.8, 4) is 17.2 Å². The van der Waals surface area contributed by atoms with Crippen molar-refractivity contribution in [3.63, 3.8) is 0 Å². The lowest BCUT2D eigenvalue weighted by atomic mass is 10.1.